The van der Waals surface area contributed by atoms with Crippen LogP contribution in [0.5, 0.6) is 0 Å². The molecule has 22 rings (SSSR count). The average Bonchev–Trinajstić information content (AvgIpc) is 1.49. The summed E-state index contributed by atoms with van der Waals surface area (Å²) in [4.78, 5) is 12.3. The molecule has 6 heterocycles. The summed E-state index contributed by atoms with van der Waals surface area (Å²) in [6.45, 7) is 16.8. The van der Waals surface area contributed by atoms with Crippen molar-refractivity contribution in [3.63, 3.8) is 0 Å². The molecular formula is C102H62B3ClN10O2. The molecule has 0 bridgehead atoms. The Balaban J connectivity index is 0.000000127. The topological polar surface area (TPSA) is 161 Å². The highest BCUT2D eigenvalue weighted by Gasteiger charge is 2.46. The van der Waals surface area contributed by atoms with Crippen molar-refractivity contribution in [3.05, 3.63) is 396 Å². The molecule has 4 unspecified atom stereocenters. The van der Waals surface area contributed by atoms with E-state index < -0.39 is 13.8 Å². The van der Waals surface area contributed by atoms with Gasteiger partial charge < -0.3 is 29.0 Å². The fraction of sp³-hybridized carbons (Fsp3) is 0.0392. The van der Waals surface area contributed by atoms with Crippen LogP contribution in [0.25, 0.3) is 109 Å². The normalized spacial score (nSPS) is 15.5. The fourth-order valence-electron chi connectivity index (χ4n) is 19.5. The molecule has 0 fully saturated rings. The van der Waals surface area contributed by atoms with Gasteiger partial charge in [-0.2, -0.15) is 32.5 Å². The summed E-state index contributed by atoms with van der Waals surface area (Å²) in [6, 6.07) is 108. The molecular weight excluding hydrogens is 1470 g/mol. The molecule has 2 N–H and O–H groups in total. The lowest BCUT2D eigenvalue weighted by atomic mass is 9.34. The summed E-state index contributed by atoms with van der Waals surface area (Å²) in [5.74, 6) is -0.0166. The highest BCUT2D eigenvalue weighted by atomic mass is 35.5. The zero-order valence-corrected chi connectivity index (χ0v) is 63.9. The highest BCUT2D eigenvalue weighted by molar-refractivity contribution is 7.22. The molecule has 548 valence electrons. The molecule has 16 aromatic rings. The first-order chi connectivity index (χ1) is 58.2. The van der Waals surface area contributed by atoms with Crippen LogP contribution in [0.4, 0.5) is 34.1 Å². The maximum absolute atomic E-state index is 11.7. The van der Waals surface area contributed by atoms with Crippen LogP contribution in [0.2, 0.25) is 0 Å². The second kappa shape index (κ2) is 29.2. The van der Waals surface area contributed by atoms with Gasteiger partial charge in [0.1, 0.15) is 12.1 Å². The lowest BCUT2D eigenvalue weighted by Gasteiger charge is -2.33. The van der Waals surface area contributed by atoms with Gasteiger partial charge in [-0.3, -0.25) is 0 Å². The van der Waals surface area contributed by atoms with Crippen molar-refractivity contribution in [2.24, 2.45) is 0 Å². The zero-order chi connectivity index (χ0) is 80.0. The van der Waals surface area contributed by atoms with Crippen LogP contribution in [0.1, 0.15) is 45.2 Å². The standard InChI is InChI=1S/C51H30BN5.C33H20BN5O2.C18H12BCl/c1-55-49-48(52-42-24-10-4-18-34(42)32-16-2-3-17-33(32)35-19-5-11-25-43(35)52)40(30-53)50(56-44-26-12-6-20-36(44)37-21-7-13-27-45(37)56)41(31-54)51(49)57-46-28-14-8-22-38(46)39-23-9-15-29-47(39)57;1-37-31-30(34(40)41)24(18-35)32(38-26-14-6-2-10-20(26)21-11-3-7-15-27(21)38)25(19-36)33(31)39-28-16-8-4-12-22(28)23-13-5-9-17-29(23)39;20-19-17-11-5-3-9-15(17)13-7-1-2-8-14(13)16-10-4-6-12-18(16)19/h2-29,38,46H;2-17,22,28,40-41H;1-12H. The molecule has 0 radical (unpaired) electrons. The molecule has 12 nitrogen and oxygen atoms in total. The number of halogens is 1. The Labute approximate surface area is 687 Å². The molecule has 14 aromatic carbocycles. The average molecular weight is 1530 g/mol. The summed E-state index contributed by atoms with van der Waals surface area (Å²) in [6.07, 6.45) is 16.4. The monoisotopic (exact) mass is 1530 g/mol. The quantitative estimate of drug-likeness (QED) is 0.123. The van der Waals surface area contributed by atoms with Gasteiger partial charge in [-0.1, -0.05) is 314 Å². The van der Waals surface area contributed by atoms with E-state index >= 15 is 0 Å². The van der Waals surface area contributed by atoms with Gasteiger partial charge in [0.15, 0.2) is 0 Å². The number of rotatable bonds is 6. The van der Waals surface area contributed by atoms with E-state index in [9.17, 15) is 31.1 Å². The van der Waals surface area contributed by atoms with E-state index in [1.807, 2.05) is 143 Å². The Kier molecular flexibility index (Phi) is 17.7. The molecule has 2 aliphatic carbocycles. The Morgan fingerprint density at radius 1 is 0.339 bits per heavy atom. The van der Waals surface area contributed by atoms with Crippen molar-refractivity contribution in [2.45, 2.75) is 23.9 Å². The molecule has 0 spiro atoms. The van der Waals surface area contributed by atoms with Gasteiger partial charge in [0.2, 0.25) is 18.1 Å². The van der Waals surface area contributed by atoms with Crippen LogP contribution < -0.4 is 42.6 Å². The Hall–Kier alpha value is -15.4. The SMILES string of the molecule is ClB1c2ccccc2-c2ccccc2-c2ccccc21.[C-]#[N+]c1c(B(O)O)c(C#N)c(-n2c3ccccc3c3ccccc32)c(C#N)c1N1c2ccccc2C2C=CC=CC21.[C-]#[N+]c1c(B2c3ccccc3-c3ccccc3-c3ccccc32)c(C#N)c(-n2c3ccccc3c3ccccc32)c(C#N)c1N1c2ccccc2C2C=CC=CC21. The number of hydrogen-bond acceptors (Lipinski definition) is 8. The van der Waals surface area contributed by atoms with E-state index in [0.29, 0.717) is 33.7 Å². The summed E-state index contributed by atoms with van der Waals surface area (Å²) < 4.78 is 3.93. The minimum absolute atomic E-state index is 0.0148. The van der Waals surface area contributed by atoms with E-state index in [1.54, 1.807) is 0 Å². The lowest BCUT2D eigenvalue weighted by molar-refractivity contribution is 0.426. The Morgan fingerprint density at radius 2 is 0.644 bits per heavy atom. The van der Waals surface area contributed by atoms with Crippen molar-refractivity contribution in [1.29, 1.82) is 21.0 Å². The number of nitriles is 4. The largest absolute Gasteiger partial charge is 0.478 e. The molecule has 16 heteroatoms. The van der Waals surface area contributed by atoms with Gasteiger partial charge in [0, 0.05) is 50.2 Å². The lowest BCUT2D eigenvalue weighted by Crippen LogP contribution is -2.54. The highest BCUT2D eigenvalue weighted by Crippen LogP contribution is 2.55. The summed E-state index contributed by atoms with van der Waals surface area (Å²) in [7, 11) is -2.12. The number of allylic oxidation sites excluding steroid dienone is 4. The third-order valence-corrected chi connectivity index (χ3v) is 24.6. The van der Waals surface area contributed by atoms with E-state index in [4.69, 9.17) is 24.6 Å². The van der Waals surface area contributed by atoms with Crippen LogP contribution in [0.15, 0.2) is 340 Å². The van der Waals surface area contributed by atoms with Crippen molar-refractivity contribution in [1.82, 2.24) is 9.13 Å². The van der Waals surface area contributed by atoms with Crippen LogP contribution in [0, 0.1) is 58.5 Å². The number of nitrogens with zero attached hydrogens (tertiary/aromatic N) is 10. The minimum Gasteiger partial charge on any atom is -0.424 e. The number of hydrogen-bond donors (Lipinski definition) is 2. The van der Waals surface area contributed by atoms with Gasteiger partial charge in [0.25, 0.3) is 0 Å². The predicted octanol–water partition coefficient (Wildman–Crippen LogP) is 19.1. The summed E-state index contributed by atoms with van der Waals surface area (Å²) in [5.41, 5.74) is 23.5. The molecule has 0 amide bonds. The van der Waals surface area contributed by atoms with Crippen molar-refractivity contribution in [2.75, 3.05) is 9.80 Å². The molecule has 118 heavy (non-hydrogen) atoms. The zero-order valence-electron chi connectivity index (χ0n) is 63.1. The third kappa shape index (κ3) is 10.9. The Bertz CT molecular complexity index is 7150. The molecule has 4 aliphatic heterocycles. The molecule has 0 saturated carbocycles. The maximum Gasteiger partial charge on any atom is 0.478 e. The van der Waals surface area contributed by atoms with Gasteiger partial charge in [-0.15, -0.1) is 0 Å². The smallest absolute Gasteiger partial charge is 0.424 e. The predicted molar refractivity (Wildman–Crippen MR) is 480 cm³/mol. The summed E-state index contributed by atoms with van der Waals surface area (Å²) in [5, 5.41) is 70.0. The van der Waals surface area contributed by atoms with Gasteiger partial charge in [-0.25, -0.2) is 9.69 Å². The second-order valence-electron chi connectivity index (χ2n) is 29.9. The third-order valence-electron chi connectivity index (χ3n) is 24.2. The van der Waals surface area contributed by atoms with Crippen molar-refractivity contribution >= 4 is 142 Å². The van der Waals surface area contributed by atoms with Gasteiger partial charge in [-0.05, 0) is 108 Å². The number of aromatic nitrogens is 2. The number of anilines is 4. The van der Waals surface area contributed by atoms with Gasteiger partial charge >= 0.3 is 13.2 Å². The first-order valence-corrected chi connectivity index (χ1v) is 39.4. The number of fused-ring (bicyclic) bond motifs is 22. The van der Waals surface area contributed by atoms with Crippen LogP contribution in [0.3, 0.4) is 0 Å². The van der Waals surface area contributed by atoms with Crippen molar-refractivity contribution in [3.8, 4) is 80.2 Å². The Morgan fingerprint density at radius 3 is 1.02 bits per heavy atom. The fourth-order valence-corrected chi connectivity index (χ4v) is 19.8. The van der Waals surface area contributed by atoms with E-state index in [-0.39, 0.29) is 63.7 Å². The second-order valence-corrected chi connectivity index (χ2v) is 30.3. The van der Waals surface area contributed by atoms with Crippen molar-refractivity contribution < 1.29 is 10.0 Å². The first kappa shape index (κ1) is 71.6. The van der Waals surface area contributed by atoms with Crippen LogP contribution >= 0.6 is 11.5 Å². The van der Waals surface area contributed by atoms with E-state index in [2.05, 4.69) is 250 Å². The minimum atomic E-state index is -2.12. The van der Waals surface area contributed by atoms with E-state index in [0.717, 1.165) is 99.3 Å². The van der Waals surface area contributed by atoms with Crippen LogP contribution in [-0.2, 0) is 0 Å². The molecule has 6 aliphatic rings. The van der Waals surface area contributed by atoms with E-state index in [1.165, 1.54) is 33.2 Å². The molecule has 4 atom stereocenters. The first-order valence-electron chi connectivity index (χ1n) is 39.0. The van der Waals surface area contributed by atoms with Crippen LogP contribution in [-0.4, -0.2) is 51.2 Å². The molecule has 2 aromatic heterocycles. The number of para-hydroxylation sites is 6. The molecule has 0 saturated heterocycles. The maximum atomic E-state index is 11.7. The summed E-state index contributed by atoms with van der Waals surface area (Å²) >= 11 is 6.77. The van der Waals surface area contributed by atoms with Gasteiger partial charge in [0.05, 0.1) is 104 Å². The number of benzene rings is 14.